The maximum atomic E-state index is 11.6. The summed E-state index contributed by atoms with van der Waals surface area (Å²) in [5, 5.41) is 9.51. The van der Waals surface area contributed by atoms with Crippen molar-refractivity contribution in [1.29, 1.82) is 0 Å². The average Bonchev–Trinajstić information content (AvgIpc) is 3.29. The third-order valence-corrected chi connectivity index (χ3v) is 6.65. The fourth-order valence-electron chi connectivity index (χ4n) is 4.58. The molecular formula is C31H39NO7. The van der Waals surface area contributed by atoms with E-state index >= 15 is 0 Å². The molecule has 1 saturated carbocycles. The number of nitrogens with zero attached hydrogens (tertiary/aromatic N) is 1. The highest BCUT2D eigenvalue weighted by Crippen LogP contribution is 2.28. The number of rotatable bonds is 13. The molecule has 0 spiro atoms. The quantitative estimate of drug-likeness (QED) is 0.243. The van der Waals surface area contributed by atoms with Gasteiger partial charge in [-0.2, -0.15) is 0 Å². The normalized spacial score (nSPS) is 17.4. The highest BCUT2D eigenvalue weighted by atomic mass is 16.5. The number of carbonyl (C=O) groups is 1. The second kappa shape index (κ2) is 13.6. The molecule has 39 heavy (non-hydrogen) atoms. The predicted molar refractivity (Wildman–Crippen MR) is 147 cm³/mol. The van der Waals surface area contributed by atoms with Crippen LogP contribution in [0.4, 0.5) is 0 Å². The Morgan fingerprint density at radius 1 is 1.05 bits per heavy atom. The van der Waals surface area contributed by atoms with Crippen molar-refractivity contribution in [3.05, 3.63) is 65.0 Å². The van der Waals surface area contributed by atoms with Crippen molar-refractivity contribution >= 4 is 5.97 Å². The van der Waals surface area contributed by atoms with Crippen molar-refractivity contribution in [2.24, 2.45) is 5.92 Å². The molecule has 8 heteroatoms. The highest BCUT2D eigenvalue weighted by molar-refractivity contribution is 5.91. The predicted octanol–water partition coefficient (Wildman–Crippen LogP) is 6.61. The van der Waals surface area contributed by atoms with Gasteiger partial charge in [0.1, 0.15) is 35.1 Å². The molecule has 1 aromatic heterocycles. The lowest BCUT2D eigenvalue weighted by Gasteiger charge is -2.29. The number of benzene rings is 2. The SMILES string of the molecule is Cc1cccc(-c2nc(COC3CCCC(OCCOc4cc(OCC(C)C)ccc4C(=O)O)C3)c(C)o2)c1. The topological polar surface area (TPSA) is 100 Å². The van der Waals surface area contributed by atoms with Gasteiger partial charge in [-0.25, -0.2) is 9.78 Å². The van der Waals surface area contributed by atoms with E-state index in [-0.39, 0.29) is 30.1 Å². The smallest absolute Gasteiger partial charge is 0.339 e. The van der Waals surface area contributed by atoms with Gasteiger partial charge in [-0.3, -0.25) is 0 Å². The van der Waals surface area contributed by atoms with Crippen molar-refractivity contribution < 1.29 is 33.3 Å². The Labute approximate surface area is 230 Å². The maximum absolute atomic E-state index is 11.6. The molecule has 1 N–H and O–H groups in total. The first-order valence-electron chi connectivity index (χ1n) is 13.7. The summed E-state index contributed by atoms with van der Waals surface area (Å²) in [6.45, 7) is 9.62. The van der Waals surface area contributed by atoms with Crippen LogP contribution in [0.5, 0.6) is 11.5 Å². The summed E-state index contributed by atoms with van der Waals surface area (Å²) in [6, 6.07) is 12.9. The number of hydrogen-bond acceptors (Lipinski definition) is 7. The lowest BCUT2D eigenvalue weighted by molar-refractivity contribution is -0.0556. The highest BCUT2D eigenvalue weighted by Gasteiger charge is 2.24. The van der Waals surface area contributed by atoms with Crippen LogP contribution in [0.2, 0.25) is 0 Å². The standard InChI is InChI=1S/C31H39NO7/c1-20(2)18-37-26-11-12-27(31(33)34)29(17-26)36-14-13-35-24-9-6-10-25(16-24)38-19-28-22(4)39-30(32-28)23-8-5-7-21(3)15-23/h5,7-8,11-12,15,17,20,24-25H,6,9-10,13-14,16,18-19H2,1-4H3,(H,33,34). The molecule has 2 atom stereocenters. The third kappa shape index (κ3) is 8.31. The van der Waals surface area contributed by atoms with E-state index in [0.29, 0.717) is 37.4 Å². The Bertz CT molecular complexity index is 1240. The summed E-state index contributed by atoms with van der Waals surface area (Å²) >= 11 is 0. The van der Waals surface area contributed by atoms with Gasteiger partial charge in [0.2, 0.25) is 5.89 Å². The molecule has 4 rings (SSSR count). The van der Waals surface area contributed by atoms with Crippen LogP contribution in [0, 0.1) is 19.8 Å². The first-order chi connectivity index (χ1) is 18.8. The van der Waals surface area contributed by atoms with Gasteiger partial charge in [-0.1, -0.05) is 31.5 Å². The van der Waals surface area contributed by atoms with Crippen LogP contribution in [0.15, 0.2) is 46.9 Å². The van der Waals surface area contributed by atoms with E-state index in [1.807, 2.05) is 32.0 Å². The van der Waals surface area contributed by atoms with E-state index in [2.05, 4.69) is 24.9 Å². The van der Waals surface area contributed by atoms with E-state index in [1.165, 1.54) is 6.07 Å². The second-order valence-corrected chi connectivity index (χ2v) is 10.5. The molecule has 0 amide bonds. The van der Waals surface area contributed by atoms with Crippen molar-refractivity contribution in [3.63, 3.8) is 0 Å². The second-order valence-electron chi connectivity index (χ2n) is 10.5. The lowest BCUT2D eigenvalue weighted by Crippen LogP contribution is -2.29. The molecule has 2 unspecified atom stereocenters. The molecule has 0 bridgehead atoms. The number of hydrogen-bond donors (Lipinski definition) is 1. The minimum atomic E-state index is -1.04. The summed E-state index contributed by atoms with van der Waals surface area (Å²) in [6.07, 6.45) is 3.88. The van der Waals surface area contributed by atoms with Crippen LogP contribution in [0.1, 0.15) is 66.9 Å². The Hall–Kier alpha value is -3.36. The van der Waals surface area contributed by atoms with Crippen molar-refractivity contribution in [2.45, 2.75) is 72.2 Å². The minimum absolute atomic E-state index is 0.0632. The Kier molecular flexibility index (Phi) is 10.0. The summed E-state index contributed by atoms with van der Waals surface area (Å²) in [4.78, 5) is 16.3. The van der Waals surface area contributed by atoms with Gasteiger partial charge in [0.25, 0.3) is 0 Å². The largest absolute Gasteiger partial charge is 0.493 e. The zero-order chi connectivity index (χ0) is 27.8. The zero-order valence-corrected chi connectivity index (χ0v) is 23.3. The van der Waals surface area contributed by atoms with E-state index in [9.17, 15) is 9.90 Å². The number of ether oxygens (including phenoxy) is 4. The Balaban J connectivity index is 1.24. The van der Waals surface area contributed by atoms with Gasteiger partial charge in [0.05, 0.1) is 32.0 Å². The summed E-state index contributed by atoms with van der Waals surface area (Å²) in [5.74, 6) is 1.58. The summed E-state index contributed by atoms with van der Waals surface area (Å²) in [5.41, 5.74) is 3.04. The molecule has 0 saturated heterocycles. The van der Waals surface area contributed by atoms with Gasteiger partial charge >= 0.3 is 5.97 Å². The number of oxazole rings is 1. The molecule has 3 aromatic rings. The Morgan fingerprint density at radius 2 is 1.85 bits per heavy atom. The van der Waals surface area contributed by atoms with Crippen molar-refractivity contribution in [3.8, 4) is 23.0 Å². The van der Waals surface area contributed by atoms with Gasteiger partial charge in [0, 0.05) is 11.6 Å². The monoisotopic (exact) mass is 537 g/mol. The molecule has 2 aromatic carbocycles. The maximum Gasteiger partial charge on any atom is 0.339 e. The van der Waals surface area contributed by atoms with Crippen LogP contribution in [0.3, 0.4) is 0 Å². The van der Waals surface area contributed by atoms with Crippen molar-refractivity contribution in [2.75, 3.05) is 19.8 Å². The van der Waals surface area contributed by atoms with Crippen LogP contribution < -0.4 is 9.47 Å². The minimum Gasteiger partial charge on any atom is -0.493 e. The molecule has 1 heterocycles. The third-order valence-electron chi connectivity index (χ3n) is 6.65. The van der Waals surface area contributed by atoms with Gasteiger partial charge < -0.3 is 28.5 Å². The molecule has 0 aliphatic heterocycles. The van der Waals surface area contributed by atoms with Gasteiger partial charge in [0.15, 0.2) is 0 Å². The lowest BCUT2D eigenvalue weighted by atomic mass is 9.95. The molecule has 1 fully saturated rings. The first kappa shape index (κ1) is 28.6. The molecule has 1 aliphatic rings. The molecular weight excluding hydrogens is 498 g/mol. The number of aromatic carboxylic acids is 1. The number of aromatic nitrogens is 1. The van der Waals surface area contributed by atoms with E-state index in [0.717, 1.165) is 48.3 Å². The average molecular weight is 538 g/mol. The number of aryl methyl sites for hydroxylation is 2. The summed E-state index contributed by atoms with van der Waals surface area (Å²) < 4.78 is 29.7. The van der Waals surface area contributed by atoms with Crippen LogP contribution in [-0.4, -0.2) is 48.1 Å². The zero-order valence-electron chi connectivity index (χ0n) is 23.3. The van der Waals surface area contributed by atoms with E-state index in [1.54, 1.807) is 12.1 Å². The molecule has 8 nitrogen and oxygen atoms in total. The fraction of sp³-hybridized carbons (Fsp3) is 0.484. The fourth-order valence-corrected chi connectivity index (χ4v) is 4.58. The number of carboxylic acids is 1. The van der Waals surface area contributed by atoms with Gasteiger partial charge in [-0.05, 0) is 69.7 Å². The molecule has 1 aliphatic carbocycles. The Morgan fingerprint density at radius 3 is 2.59 bits per heavy atom. The van der Waals surface area contributed by atoms with Crippen LogP contribution >= 0.6 is 0 Å². The molecule has 0 radical (unpaired) electrons. The summed E-state index contributed by atoms with van der Waals surface area (Å²) in [7, 11) is 0. The number of carboxylic acid groups (broad SMARTS) is 1. The van der Waals surface area contributed by atoms with E-state index < -0.39 is 5.97 Å². The van der Waals surface area contributed by atoms with Gasteiger partial charge in [-0.15, -0.1) is 0 Å². The molecule has 210 valence electrons. The van der Waals surface area contributed by atoms with Crippen LogP contribution in [-0.2, 0) is 16.1 Å². The van der Waals surface area contributed by atoms with Crippen molar-refractivity contribution in [1.82, 2.24) is 4.98 Å². The first-order valence-corrected chi connectivity index (χ1v) is 13.7. The van der Waals surface area contributed by atoms with Crippen LogP contribution in [0.25, 0.3) is 11.5 Å². The van der Waals surface area contributed by atoms with E-state index in [4.69, 9.17) is 23.4 Å².